The zero-order chi connectivity index (χ0) is 22.1. The highest BCUT2D eigenvalue weighted by Gasteiger charge is 2.21. The van der Waals surface area contributed by atoms with Crippen LogP contribution in [-0.2, 0) is 0 Å². The van der Waals surface area contributed by atoms with Gasteiger partial charge < -0.3 is 19.7 Å². The maximum absolute atomic E-state index is 12.5. The minimum absolute atomic E-state index is 0.0951. The first kappa shape index (κ1) is 21.3. The van der Waals surface area contributed by atoms with Gasteiger partial charge in [0.15, 0.2) is 16.6 Å². The predicted octanol–water partition coefficient (Wildman–Crippen LogP) is 3.58. The average Bonchev–Trinajstić information content (AvgIpc) is 3.28. The van der Waals surface area contributed by atoms with Crippen LogP contribution in [0.15, 0.2) is 30.3 Å². The van der Waals surface area contributed by atoms with E-state index < -0.39 is 0 Å². The Morgan fingerprint density at radius 3 is 2.69 bits per heavy atom. The molecule has 1 saturated heterocycles. The molecule has 0 bridgehead atoms. The number of rotatable bonds is 5. The summed E-state index contributed by atoms with van der Waals surface area (Å²) in [6.07, 6.45) is 0. The number of halogens is 1. The van der Waals surface area contributed by atoms with Gasteiger partial charge in [0.05, 0.1) is 15.2 Å². The van der Waals surface area contributed by atoms with E-state index in [0.717, 1.165) is 58.7 Å². The molecule has 2 aliphatic heterocycles. The number of nitrogens with zero attached hydrogens (tertiary/aromatic N) is 3. The van der Waals surface area contributed by atoms with Crippen molar-refractivity contribution >= 4 is 44.2 Å². The van der Waals surface area contributed by atoms with E-state index >= 15 is 0 Å². The molecule has 0 radical (unpaired) electrons. The van der Waals surface area contributed by atoms with E-state index in [0.29, 0.717) is 36.8 Å². The number of thiazole rings is 1. The number of piperazine rings is 1. The Balaban J connectivity index is 1.11. The molecule has 3 heterocycles. The van der Waals surface area contributed by atoms with Crippen molar-refractivity contribution in [2.24, 2.45) is 0 Å². The Bertz CT molecular complexity index is 1100. The van der Waals surface area contributed by atoms with Crippen molar-refractivity contribution in [3.05, 3.63) is 46.5 Å². The molecule has 0 saturated carbocycles. The number of aryl methyl sites for hydroxylation is 1. The summed E-state index contributed by atoms with van der Waals surface area (Å²) in [7, 11) is 0. The second-order valence-electron chi connectivity index (χ2n) is 7.98. The Kier molecular flexibility index (Phi) is 6.08. The second kappa shape index (κ2) is 9.13. The fourth-order valence-corrected chi connectivity index (χ4v) is 5.37. The molecule has 32 heavy (non-hydrogen) atoms. The molecule has 9 heteroatoms. The number of hydrogen-bond donors (Lipinski definition) is 1. The summed E-state index contributed by atoms with van der Waals surface area (Å²) in [4.78, 5) is 22.0. The summed E-state index contributed by atoms with van der Waals surface area (Å²) in [6, 6.07) is 9.27. The lowest BCUT2D eigenvalue weighted by Gasteiger charge is -2.34. The molecule has 3 aromatic rings. The molecule has 2 aliphatic rings. The molecule has 0 unspecified atom stereocenters. The third-order valence-corrected chi connectivity index (χ3v) is 7.42. The fourth-order valence-electron chi connectivity index (χ4n) is 4.00. The Labute approximate surface area is 195 Å². The minimum Gasteiger partial charge on any atom is -0.486 e. The second-order valence-corrected chi connectivity index (χ2v) is 9.37. The molecule has 0 spiro atoms. The van der Waals surface area contributed by atoms with E-state index in [1.54, 1.807) is 29.5 Å². The van der Waals surface area contributed by atoms with Gasteiger partial charge in [0, 0.05) is 44.8 Å². The van der Waals surface area contributed by atoms with Crippen molar-refractivity contribution in [2.45, 2.75) is 6.92 Å². The van der Waals surface area contributed by atoms with E-state index in [2.05, 4.69) is 22.0 Å². The number of carbonyl (C=O) groups is 1. The molecule has 2 aromatic carbocycles. The number of carbonyl (C=O) groups excluding carboxylic acids is 1. The van der Waals surface area contributed by atoms with Gasteiger partial charge in [0.1, 0.15) is 13.2 Å². The van der Waals surface area contributed by atoms with Crippen LogP contribution in [0.2, 0.25) is 5.02 Å². The van der Waals surface area contributed by atoms with E-state index in [4.69, 9.17) is 26.1 Å². The molecule has 0 aliphatic carbocycles. The van der Waals surface area contributed by atoms with Gasteiger partial charge in [-0.2, -0.15) is 0 Å². The predicted molar refractivity (Wildman–Crippen MR) is 128 cm³/mol. The Hall–Kier alpha value is -2.55. The number of ether oxygens (including phenoxy) is 2. The SMILES string of the molecule is Cc1ccc(Cl)c2sc(N3CCN(CCNC(=O)c4ccc5c(c4)OCCO5)CC3)nc12. The Morgan fingerprint density at radius 1 is 1.12 bits per heavy atom. The van der Waals surface area contributed by atoms with Crippen LogP contribution in [0.25, 0.3) is 10.2 Å². The van der Waals surface area contributed by atoms with Gasteiger partial charge in [-0.05, 0) is 36.8 Å². The molecule has 0 atom stereocenters. The maximum Gasteiger partial charge on any atom is 0.251 e. The lowest BCUT2D eigenvalue weighted by molar-refractivity contribution is 0.0946. The lowest BCUT2D eigenvalue weighted by atomic mass is 10.2. The van der Waals surface area contributed by atoms with Crippen LogP contribution in [0.3, 0.4) is 0 Å². The smallest absolute Gasteiger partial charge is 0.251 e. The number of hydrogen-bond acceptors (Lipinski definition) is 7. The maximum atomic E-state index is 12.5. The molecule has 5 rings (SSSR count). The monoisotopic (exact) mass is 472 g/mol. The molecule has 1 aromatic heterocycles. The van der Waals surface area contributed by atoms with Crippen LogP contribution in [0.5, 0.6) is 11.5 Å². The highest BCUT2D eigenvalue weighted by molar-refractivity contribution is 7.22. The van der Waals surface area contributed by atoms with Crippen LogP contribution in [-0.4, -0.2) is 68.3 Å². The Morgan fingerprint density at radius 2 is 1.91 bits per heavy atom. The summed E-state index contributed by atoms with van der Waals surface area (Å²) in [6.45, 7) is 8.22. The molecular weight excluding hydrogens is 448 g/mol. The number of anilines is 1. The van der Waals surface area contributed by atoms with Gasteiger partial charge in [0.25, 0.3) is 5.91 Å². The van der Waals surface area contributed by atoms with Gasteiger partial charge >= 0.3 is 0 Å². The van der Waals surface area contributed by atoms with Crippen molar-refractivity contribution in [2.75, 3.05) is 57.4 Å². The molecular formula is C23H25ClN4O3S. The van der Waals surface area contributed by atoms with Gasteiger partial charge in [-0.1, -0.05) is 29.0 Å². The molecule has 7 nitrogen and oxygen atoms in total. The normalized spacial score (nSPS) is 16.4. The first-order valence-corrected chi connectivity index (χ1v) is 12.0. The molecule has 1 amide bonds. The number of nitrogens with one attached hydrogen (secondary N) is 1. The van der Waals surface area contributed by atoms with Crippen LogP contribution >= 0.6 is 22.9 Å². The zero-order valence-electron chi connectivity index (χ0n) is 17.9. The van der Waals surface area contributed by atoms with E-state index in [9.17, 15) is 4.79 Å². The van der Waals surface area contributed by atoms with Gasteiger partial charge in [0.2, 0.25) is 0 Å². The molecule has 168 valence electrons. The highest BCUT2D eigenvalue weighted by Crippen LogP contribution is 2.36. The summed E-state index contributed by atoms with van der Waals surface area (Å²) in [5.41, 5.74) is 2.74. The summed E-state index contributed by atoms with van der Waals surface area (Å²) >= 11 is 8.03. The van der Waals surface area contributed by atoms with Crippen molar-refractivity contribution in [3.8, 4) is 11.5 Å². The number of amides is 1. The molecule has 1 fully saturated rings. The third kappa shape index (κ3) is 4.35. The van der Waals surface area contributed by atoms with Crippen LogP contribution in [0.1, 0.15) is 15.9 Å². The minimum atomic E-state index is -0.0951. The van der Waals surface area contributed by atoms with Gasteiger partial charge in [-0.25, -0.2) is 4.98 Å². The first-order valence-electron chi connectivity index (χ1n) is 10.8. The summed E-state index contributed by atoms with van der Waals surface area (Å²) in [5, 5.41) is 4.81. The largest absolute Gasteiger partial charge is 0.486 e. The van der Waals surface area contributed by atoms with Crippen LogP contribution < -0.4 is 19.7 Å². The fraction of sp³-hybridized carbons (Fsp3) is 0.391. The van der Waals surface area contributed by atoms with Crippen molar-refractivity contribution in [3.63, 3.8) is 0 Å². The third-order valence-electron chi connectivity index (χ3n) is 5.85. The van der Waals surface area contributed by atoms with Crippen molar-refractivity contribution in [1.29, 1.82) is 0 Å². The van der Waals surface area contributed by atoms with E-state index in [1.807, 2.05) is 12.1 Å². The highest BCUT2D eigenvalue weighted by atomic mass is 35.5. The lowest BCUT2D eigenvalue weighted by Crippen LogP contribution is -2.48. The van der Waals surface area contributed by atoms with Crippen LogP contribution in [0, 0.1) is 6.92 Å². The quantitative estimate of drug-likeness (QED) is 0.612. The van der Waals surface area contributed by atoms with E-state index in [1.165, 1.54) is 0 Å². The first-order chi connectivity index (χ1) is 15.6. The van der Waals surface area contributed by atoms with E-state index in [-0.39, 0.29) is 5.91 Å². The zero-order valence-corrected chi connectivity index (χ0v) is 19.5. The average molecular weight is 473 g/mol. The topological polar surface area (TPSA) is 66.9 Å². The van der Waals surface area contributed by atoms with Crippen LogP contribution in [0.4, 0.5) is 5.13 Å². The number of benzene rings is 2. The van der Waals surface area contributed by atoms with Crippen molar-refractivity contribution in [1.82, 2.24) is 15.2 Å². The standard InChI is InChI=1S/C23H25ClN4O3S/c1-15-2-4-17(24)21-20(15)26-23(32-21)28-10-8-27(9-11-28)7-6-25-22(29)16-3-5-18-19(14-16)31-13-12-30-18/h2-5,14H,6-13H2,1H3,(H,25,29). The summed E-state index contributed by atoms with van der Waals surface area (Å²) in [5.74, 6) is 1.23. The van der Waals surface area contributed by atoms with Gasteiger partial charge in [-0.15, -0.1) is 0 Å². The molecule has 1 N–H and O–H groups in total. The van der Waals surface area contributed by atoms with Crippen molar-refractivity contribution < 1.29 is 14.3 Å². The summed E-state index contributed by atoms with van der Waals surface area (Å²) < 4.78 is 12.1. The number of aromatic nitrogens is 1. The van der Waals surface area contributed by atoms with Gasteiger partial charge in [-0.3, -0.25) is 9.69 Å². The number of fused-ring (bicyclic) bond motifs is 2.